The van der Waals surface area contributed by atoms with Crippen molar-refractivity contribution in [3.05, 3.63) is 30.1 Å². The van der Waals surface area contributed by atoms with Crippen LogP contribution in [0.4, 0.5) is 0 Å². The number of nitrogens with zero attached hydrogens (tertiary/aromatic N) is 1. The summed E-state index contributed by atoms with van der Waals surface area (Å²) in [5.74, 6) is -1.69. The zero-order valence-corrected chi connectivity index (χ0v) is 18.8. The van der Waals surface area contributed by atoms with Gasteiger partial charge in [0, 0.05) is 29.9 Å². The molecule has 1 aromatic heterocycles. The third-order valence-corrected chi connectivity index (χ3v) is 6.12. The second-order valence-electron chi connectivity index (χ2n) is 7.68. The fourth-order valence-corrected chi connectivity index (χ4v) is 4.58. The molecule has 1 fully saturated rings. The van der Waals surface area contributed by atoms with Gasteiger partial charge in [-0.2, -0.15) is 0 Å². The van der Waals surface area contributed by atoms with Gasteiger partial charge in [-0.3, -0.25) is 28.4 Å². The van der Waals surface area contributed by atoms with Crippen LogP contribution in [0.5, 0.6) is 0 Å². The monoisotopic (exact) mass is 457 g/mol. The number of nitrogens with one attached hydrogen (secondary N) is 2. The lowest BCUT2D eigenvalue weighted by Crippen LogP contribution is -2.51. The van der Waals surface area contributed by atoms with E-state index in [9.17, 15) is 18.9 Å². The molecular formula is C19H28N3O8P. The zero-order valence-electron chi connectivity index (χ0n) is 18.0. The van der Waals surface area contributed by atoms with Gasteiger partial charge in [0.15, 0.2) is 6.10 Å². The Morgan fingerprint density at radius 2 is 2.13 bits per heavy atom. The second kappa shape index (κ2) is 10.8. The van der Waals surface area contributed by atoms with E-state index in [1.807, 2.05) is 0 Å². The van der Waals surface area contributed by atoms with E-state index in [2.05, 4.69) is 20.1 Å². The van der Waals surface area contributed by atoms with Gasteiger partial charge < -0.3 is 14.8 Å². The molecule has 1 aliphatic heterocycles. The number of methoxy groups -OCH3 is 1. The van der Waals surface area contributed by atoms with E-state index in [-0.39, 0.29) is 26.2 Å². The summed E-state index contributed by atoms with van der Waals surface area (Å²) in [4.78, 5) is 39.9. The molecular weight excluding hydrogens is 429 g/mol. The Balaban J connectivity index is 1.94. The summed E-state index contributed by atoms with van der Waals surface area (Å²) >= 11 is 0. The first-order valence-corrected chi connectivity index (χ1v) is 11.2. The maximum Gasteiger partial charge on any atom is 0.407 e. The van der Waals surface area contributed by atoms with Gasteiger partial charge in [0.1, 0.15) is 12.6 Å². The predicted molar refractivity (Wildman–Crippen MR) is 108 cm³/mol. The number of esters is 2. The van der Waals surface area contributed by atoms with E-state index in [0.717, 1.165) is 0 Å². The van der Waals surface area contributed by atoms with Crippen LogP contribution in [-0.2, 0) is 44.1 Å². The van der Waals surface area contributed by atoms with Gasteiger partial charge in [-0.1, -0.05) is 19.9 Å². The average Bonchev–Trinajstić information content (AvgIpc) is 2.74. The third kappa shape index (κ3) is 7.39. The van der Waals surface area contributed by atoms with Crippen LogP contribution < -0.4 is 10.4 Å². The quantitative estimate of drug-likeness (QED) is 0.412. The zero-order chi connectivity index (χ0) is 23.1. The average molecular weight is 457 g/mol. The van der Waals surface area contributed by atoms with Crippen LogP contribution in [0.3, 0.4) is 0 Å². The molecule has 1 aliphatic rings. The minimum atomic E-state index is -3.98. The van der Waals surface area contributed by atoms with E-state index < -0.39 is 43.2 Å². The van der Waals surface area contributed by atoms with E-state index in [0.29, 0.717) is 5.56 Å². The minimum absolute atomic E-state index is 0.00294. The molecule has 0 spiro atoms. The Bertz CT molecular complexity index is 833. The fraction of sp³-hybridized carbons (Fsp3) is 0.579. The number of amides is 1. The fourth-order valence-electron chi connectivity index (χ4n) is 2.64. The molecule has 31 heavy (non-hydrogen) atoms. The third-order valence-electron chi connectivity index (χ3n) is 4.46. The molecule has 0 bridgehead atoms. The summed E-state index contributed by atoms with van der Waals surface area (Å²) in [6.07, 6.45) is 2.02. The van der Waals surface area contributed by atoms with Crippen molar-refractivity contribution < 1.29 is 37.5 Å². The topological polar surface area (TPSA) is 142 Å². The lowest BCUT2D eigenvalue weighted by atomic mass is 9.87. The van der Waals surface area contributed by atoms with Crippen LogP contribution >= 0.6 is 7.75 Å². The van der Waals surface area contributed by atoms with Gasteiger partial charge in [-0.25, -0.2) is 9.65 Å². The number of carbonyl (C=O) groups excluding carboxylic acids is 3. The molecule has 1 aromatic rings. The molecule has 1 saturated heterocycles. The molecule has 172 valence electrons. The van der Waals surface area contributed by atoms with E-state index in [4.69, 9.17) is 13.8 Å². The first kappa shape index (κ1) is 24.9. The van der Waals surface area contributed by atoms with E-state index in [1.165, 1.54) is 14.0 Å². The molecule has 2 rings (SSSR count). The van der Waals surface area contributed by atoms with E-state index in [1.54, 1.807) is 38.4 Å². The van der Waals surface area contributed by atoms with Gasteiger partial charge in [-0.15, -0.1) is 0 Å². The molecule has 12 heteroatoms. The van der Waals surface area contributed by atoms with Gasteiger partial charge >= 0.3 is 19.7 Å². The van der Waals surface area contributed by atoms with Crippen molar-refractivity contribution in [3.8, 4) is 0 Å². The molecule has 1 amide bonds. The number of hydrogen-bond acceptors (Lipinski definition) is 9. The molecule has 2 heterocycles. The summed E-state index contributed by atoms with van der Waals surface area (Å²) < 4.78 is 33.6. The SMILES string of the molecule is COC(=O)CCNC(=O)[C@@H]1OP(=O)(NC(C)C(=O)OCc2cccnc2)OCC1(C)C. The highest BCUT2D eigenvalue weighted by Gasteiger charge is 2.48. The van der Waals surface area contributed by atoms with Gasteiger partial charge in [0.25, 0.3) is 0 Å². The van der Waals surface area contributed by atoms with Gasteiger partial charge in [-0.05, 0) is 13.0 Å². The second-order valence-corrected chi connectivity index (χ2v) is 9.40. The maximum atomic E-state index is 13.0. The van der Waals surface area contributed by atoms with Crippen molar-refractivity contribution in [2.45, 2.75) is 45.9 Å². The molecule has 3 atom stereocenters. The van der Waals surface area contributed by atoms with Crippen LogP contribution in [-0.4, -0.2) is 55.2 Å². The first-order chi connectivity index (χ1) is 14.6. The Kier molecular flexibility index (Phi) is 8.69. The number of carbonyl (C=O) groups is 3. The minimum Gasteiger partial charge on any atom is -0.469 e. The van der Waals surface area contributed by atoms with Crippen LogP contribution in [0.15, 0.2) is 24.5 Å². The first-order valence-electron chi connectivity index (χ1n) is 9.67. The Hall–Kier alpha value is -2.33. The van der Waals surface area contributed by atoms with Crippen molar-refractivity contribution in [3.63, 3.8) is 0 Å². The summed E-state index contributed by atoms with van der Waals surface area (Å²) in [5, 5.41) is 5.06. The lowest BCUT2D eigenvalue weighted by molar-refractivity contribution is -0.147. The summed E-state index contributed by atoms with van der Waals surface area (Å²) in [7, 11) is -2.73. The number of ether oxygens (including phenoxy) is 2. The number of pyridine rings is 1. The number of aromatic nitrogens is 1. The molecule has 0 aliphatic carbocycles. The largest absolute Gasteiger partial charge is 0.469 e. The highest BCUT2D eigenvalue weighted by molar-refractivity contribution is 7.51. The van der Waals surface area contributed by atoms with Crippen molar-refractivity contribution >= 4 is 25.6 Å². The van der Waals surface area contributed by atoms with Crippen LogP contribution in [0, 0.1) is 5.41 Å². The van der Waals surface area contributed by atoms with Crippen LogP contribution in [0.1, 0.15) is 32.8 Å². The molecule has 2 unspecified atom stereocenters. The maximum absolute atomic E-state index is 13.0. The molecule has 0 aromatic carbocycles. The number of rotatable bonds is 9. The molecule has 2 N–H and O–H groups in total. The highest BCUT2D eigenvalue weighted by atomic mass is 31.2. The molecule has 0 saturated carbocycles. The van der Waals surface area contributed by atoms with Crippen LogP contribution in [0.2, 0.25) is 0 Å². The summed E-state index contributed by atoms with van der Waals surface area (Å²) in [6, 6.07) is 2.44. The number of hydrogen-bond donors (Lipinski definition) is 2. The summed E-state index contributed by atoms with van der Waals surface area (Å²) in [6.45, 7) is 4.87. The predicted octanol–water partition coefficient (Wildman–Crippen LogP) is 1.33. The molecule has 11 nitrogen and oxygen atoms in total. The van der Waals surface area contributed by atoms with Crippen molar-refractivity contribution in [2.24, 2.45) is 5.41 Å². The van der Waals surface area contributed by atoms with E-state index >= 15 is 0 Å². The van der Waals surface area contributed by atoms with Crippen molar-refractivity contribution in [1.29, 1.82) is 0 Å². The Morgan fingerprint density at radius 1 is 1.39 bits per heavy atom. The lowest BCUT2D eigenvalue weighted by Gasteiger charge is -2.40. The van der Waals surface area contributed by atoms with Crippen LogP contribution in [0.25, 0.3) is 0 Å². The Morgan fingerprint density at radius 3 is 2.77 bits per heavy atom. The molecule has 0 radical (unpaired) electrons. The van der Waals surface area contributed by atoms with Crippen molar-refractivity contribution in [2.75, 3.05) is 20.3 Å². The van der Waals surface area contributed by atoms with Gasteiger partial charge in [0.05, 0.1) is 20.1 Å². The smallest absolute Gasteiger partial charge is 0.407 e. The highest BCUT2D eigenvalue weighted by Crippen LogP contribution is 2.53. The standard InChI is InChI=1S/C19H28N3O8P/c1-13(18(25)28-11-14-6-5-8-20-10-14)22-31(26)29-12-19(2,3)16(30-31)17(24)21-9-7-15(23)27-4/h5-6,8,10,13,16H,7,9,11-12H2,1-4H3,(H,21,24)(H,22,26)/t13?,16-,31?/m0/s1. The normalized spacial score (nSPS) is 23.4. The van der Waals surface area contributed by atoms with Gasteiger partial charge in [0.2, 0.25) is 5.91 Å². The summed E-state index contributed by atoms with van der Waals surface area (Å²) in [5.41, 5.74) is -0.0973. The Labute approximate surface area is 180 Å². The van der Waals surface area contributed by atoms with Crippen molar-refractivity contribution in [1.82, 2.24) is 15.4 Å².